The summed E-state index contributed by atoms with van der Waals surface area (Å²) >= 11 is 0. The number of hydrogen-bond donors (Lipinski definition) is 1. The Hall–Kier alpha value is -1.63. The number of halogens is 3. The van der Waals surface area contributed by atoms with E-state index in [0.29, 0.717) is 11.3 Å². The molecular weight excluding hydrogens is 263 g/mol. The van der Waals surface area contributed by atoms with Gasteiger partial charge in [0.2, 0.25) is 0 Å². The Morgan fingerprint density at radius 3 is 2.63 bits per heavy atom. The highest BCUT2D eigenvalue weighted by atomic mass is 19.4. The van der Waals surface area contributed by atoms with Crippen LogP contribution in [0.25, 0.3) is 0 Å². The van der Waals surface area contributed by atoms with Crippen LogP contribution in [0.4, 0.5) is 13.2 Å². The van der Waals surface area contributed by atoms with Crippen LogP contribution < -0.4 is 0 Å². The molecule has 19 heavy (non-hydrogen) atoms. The van der Waals surface area contributed by atoms with Crippen molar-refractivity contribution in [2.24, 2.45) is 0 Å². The first kappa shape index (κ1) is 15.4. The number of nitrogens with zero attached hydrogens (tertiary/aromatic N) is 1. The van der Waals surface area contributed by atoms with Gasteiger partial charge in [0, 0.05) is 6.20 Å². The van der Waals surface area contributed by atoms with Crippen LogP contribution in [0.1, 0.15) is 41.1 Å². The van der Waals surface area contributed by atoms with Crippen LogP contribution in [0.3, 0.4) is 0 Å². The number of aromatic nitrogens is 1. The Bertz CT molecular complexity index is 460. The lowest BCUT2D eigenvalue weighted by Gasteiger charge is -2.15. The third-order valence-electron chi connectivity index (χ3n) is 2.50. The van der Waals surface area contributed by atoms with E-state index in [1.165, 1.54) is 6.07 Å². The van der Waals surface area contributed by atoms with E-state index in [4.69, 9.17) is 9.84 Å². The summed E-state index contributed by atoms with van der Waals surface area (Å²) < 4.78 is 41.0. The van der Waals surface area contributed by atoms with Gasteiger partial charge in [-0.15, -0.1) is 0 Å². The molecule has 0 aromatic carbocycles. The van der Waals surface area contributed by atoms with E-state index in [2.05, 4.69) is 4.98 Å². The molecule has 0 amide bonds. The molecule has 0 saturated carbocycles. The Kier molecular flexibility index (Phi) is 4.88. The van der Waals surface area contributed by atoms with Gasteiger partial charge in [-0.25, -0.2) is 4.79 Å². The molecule has 0 aliphatic heterocycles. The number of carboxylic acids is 1. The quantitative estimate of drug-likeness (QED) is 0.898. The van der Waals surface area contributed by atoms with Gasteiger partial charge in [0.05, 0.1) is 30.4 Å². The normalized spacial score (nSPS) is 13.3. The van der Waals surface area contributed by atoms with Crippen LogP contribution in [-0.4, -0.2) is 28.8 Å². The topological polar surface area (TPSA) is 59.4 Å². The fraction of sp³-hybridized carbons (Fsp3) is 0.500. The van der Waals surface area contributed by atoms with Gasteiger partial charge >= 0.3 is 12.1 Å². The van der Waals surface area contributed by atoms with Gasteiger partial charge in [0.15, 0.2) is 0 Å². The molecule has 1 unspecified atom stereocenters. The smallest absolute Gasteiger partial charge is 0.391 e. The molecular formula is C12H14F3NO3. The Morgan fingerprint density at radius 2 is 2.16 bits per heavy atom. The number of rotatable bonds is 5. The molecule has 0 aliphatic rings. The number of alkyl halides is 3. The third-order valence-corrected chi connectivity index (χ3v) is 2.50. The lowest BCUT2D eigenvalue weighted by molar-refractivity contribution is -0.148. The summed E-state index contributed by atoms with van der Waals surface area (Å²) in [6.07, 6.45) is -4.74. The fourth-order valence-corrected chi connectivity index (χ4v) is 1.56. The van der Waals surface area contributed by atoms with E-state index in [9.17, 15) is 18.0 Å². The fourth-order valence-electron chi connectivity index (χ4n) is 1.56. The van der Waals surface area contributed by atoms with Gasteiger partial charge in [-0.05, 0) is 25.5 Å². The summed E-state index contributed by atoms with van der Waals surface area (Å²) in [4.78, 5) is 14.6. The second-order valence-corrected chi connectivity index (χ2v) is 4.11. The van der Waals surface area contributed by atoms with Crippen molar-refractivity contribution in [1.29, 1.82) is 0 Å². The van der Waals surface area contributed by atoms with E-state index in [0.717, 1.165) is 6.20 Å². The predicted octanol–water partition coefficient (Wildman–Crippen LogP) is 3.12. The van der Waals surface area contributed by atoms with E-state index in [-0.39, 0.29) is 5.56 Å². The van der Waals surface area contributed by atoms with E-state index in [1.807, 2.05) is 0 Å². The molecule has 1 aromatic heterocycles. The van der Waals surface area contributed by atoms with Crippen LogP contribution in [0.15, 0.2) is 12.3 Å². The maximum atomic E-state index is 12.0. The largest absolute Gasteiger partial charge is 0.478 e. The van der Waals surface area contributed by atoms with Gasteiger partial charge in [-0.2, -0.15) is 13.2 Å². The summed E-state index contributed by atoms with van der Waals surface area (Å²) in [5, 5.41) is 8.77. The molecule has 1 atom stereocenters. The highest BCUT2D eigenvalue weighted by Crippen LogP contribution is 2.23. The molecule has 0 aliphatic carbocycles. The minimum absolute atomic E-state index is 0.0312. The first-order valence-electron chi connectivity index (χ1n) is 5.59. The number of hydrogen-bond acceptors (Lipinski definition) is 3. The van der Waals surface area contributed by atoms with Crippen molar-refractivity contribution in [3.05, 3.63) is 29.1 Å². The van der Waals surface area contributed by atoms with Crippen molar-refractivity contribution in [3.8, 4) is 0 Å². The van der Waals surface area contributed by atoms with Crippen molar-refractivity contribution < 1.29 is 27.8 Å². The van der Waals surface area contributed by atoms with E-state index < -0.39 is 31.3 Å². The molecule has 1 aromatic rings. The van der Waals surface area contributed by atoms with Gasteiger partial charge < -0.3 is 9.84 Å². The molecule has 1 N–H and O–H groups in total. The summed E-state index contributed by atoms with van der Waals surface area (Å²) in [5.74, 6) is -1.10. The Morgan fingerprint density at radius 1 is 1.53 bits per heavy atom. The van der Waals surface area contributed by atoms with Crippen LogP contribution >= 0.6 is 0 Å². The average Bonchev–Trinajstić information content (AvgIpc) is 2.26. The van der Waals surface area contributed by atoms with Gasteiger partial charge in [0.25, 0.3) is 0 Å². The molecule has 106 valence electrons. The summed E-state index contributed by atoms with van der Waals surface area (Å²) in [6, 6.07) is 1.41. The molecule has 0 radical (unpaired) electrons. The highest BCUT2D eigenvalue weighted by molar-refractivity contribution is 5.87. The second-order valence-electron chi connectivity index (χ2n) is 4.11. The molecule has 0 fully saturated rings. The zero-order chi connectivity index (χ0) is 14.6. The number of pyridine rings is 1. The first-order chi connectivity index (χ1) is 8.70. The minimum atomic E-state index is -4.25. The Balaban J connectivity index is 2.67. The average molecular weight is 277 g/mol. The van der Waals surface area contributed by atoms with Crippen molar-refractivity contribution in [3.63, 3.8) is 0 Å². The van der Waals surface area contributed by atoms with Gasteiger partial charge in [-0.1, -0.05) is 0 Å². The van der Waals surface area contributed by atoms with Gasteiger partial charge in [-0.3, -0.25) is 4.98 Å². The SMILES string of the molecule is Cc1cc(C(=O)O)cnc1C(C)OCCC(F)(F)F. The number of carboxylic acid groups (broad SMARTS) is 1. The first-order valence-corrected chi connectivity index (χ1v) is 5.59. The molecule has 4 nitrogen and oxygen atoms in total. The maximum absolute atomic E-state index is 12.0. The lowest BCUT2D eigenvalue weighted by Crippen LogP contribution is -2.14. The van der Waals surface area contributed by atoms with Crippen LogP contribution in [0, 0.1) is 6.92 Å². The molecule has 1 rings (SSSR count). The van der Waals surface area contributed by atoms with Crippen molar-refractivity contribution in [2.45, 2.75) is 32.5 Å². The molecule has 0 bridgehead atoms. The highest BCUT2D eigenvalue weighted by Gasteiger charge is 2.27. The molecule has 7 heteroatoms. The van der Waals surface area contributed by atoms with Crippen LogP contribution in [-0.2, 0) is 4.74 Å². The number of aromatic carboxylic acids is 1. The molecule has 0 saturated heterocycles. The van der Waals surface area contributed by atoms with Crippen molar-refractivity contribution in [2.75, 3.05) is 6.61 Å². The Labute approximate surface area is 108 Å². The lowest BCUT2D eigenvalue weighted by atomic mass is 10.1. The monoisotopic (exact) mass is 277 g/mol. The number of aryl methyl sites for hydroxylation is 1. The van der Waals surface area contributed by atoms with Crippen LogP contribution in [0.2, 0.25) is 0 Å². The number of carbonyl (C=O) groups is 1. The van der Waals surface area contributed by atoms with Crippen molar-refractivity contribution >= 4 is 5.97 Å². The zero-order valence-corrected chi connectivity index (χ0v) is 10.5. The summed E-state index contributed by atoms with van der Waals surface area (Å²) in [6.45, 7) is 2.76. The minimum Gasteiger partial charge on any atom is -0.478 e. The molecule has 1 heterocycles. The van der Waals surface area contributed by atoms with E-state index in [1.54, 1.807) is 13.8 Å². The number of ether oxygens (including phenoxy) is 1. The standard InChI is InChI=1S/C12H14F3NO3/c1-7-5-9(11(17)18)6-16-10(7)8(2)19-4-3-12(13,14)15/h5-6,8H,3-4H2,1-2H3,(H,17,18). The van der Waals surface area contributed by atoms with Gasteiger partial charge in [0.1, 0.15) is 0 Å². The maximum Gasteiger partial charge on any atom is 0.391 e. The molecule has 0 spiro atoms. The zero-order valence-electron chi connectivity index (χ0n) is 10.5. The summed E-state index contributed by atoms with van der Waals surface area (Å²) in [5.41, 5.74) is 1.04. The predicted molar refractivity (Wildman–Crippen MR) is 61.0 cm³/mol. The van der Waals surface area contributed by atoms with Crippen LogP contribution in [0.5, 0.6) is 0 Å². The second kappa shape index (κ2) is 6.01. The van der Waals surface area contributed by atoms with E-state index >= 15 is 0 Å². The third kappa shape index (κ3) is 4.86. The summed E-state index contributed by atoms with van der Waals surface area (Å²) in [7, 11) is 0. The van der Waals surface area contributed by atoms with Crippen molar-refractivity contribution in [1.82, 2.24) is 4.98 Å².